The van der Waals surface area contributed by atoms with E-state index < -0.39 is 5.97 Å². The first-order valence-electron chi connectivity index (χ1n) is 3.94. The molecule has 0 bridgehead atoms. The molecule has 0 unspecified atom stereocenters. The summed E-state index contributed by atoms with van der Waals surface area (Å²) in [5, 5.41) is 8.24. The van der Waals surface area contributed by atoms with Crippen molar-refractivity contribution in [2.24, 2.45) is 0 Å². The van der Waals surface area contributed by atoms with Crippen molar-refractivity contribution in [1.82, 2.24) is 0 Å². The molecule has 0 aromatic heterocycles. The van der Waals surface area contributed by atoms with E-state index in [0.29, 0.717) is 0 Å². The number of carboxylic acids is 1. The summed E-state index contributed by atoms with van der Waals surface area (Å²) in [6.45, 7) is 1.95. The maximum absolute atomic E-state index is 10.0. The molecule has 0 rings (SSSR count). The summed E-state index contributed by atoms with van der Waals surface area (Å²) in [4.78, 5) is 10.0. The summed E-state index contributed by atoms with van der Waals surface area (Å²) in [6, 6.07) is 0. The number of hydrogen-bond acceptors (Lipinski definition) is 1. The lowest BCUT2D eigenvalue weighted by atomic mass is 10.2. The van der Waals surface area contributed by atoms with E-state index in [-0.39, 0.29) is 0 Å². The van der Waals surface area contributed by atoms with Crippen LogP contribution in [0.1, 0.15) is 19.8 Å². The standard InChI is InChI=1S/C10H14O2/c1-2-3-4-5-6-7-8-9-10(11)12/h2-5,8-9H,6-7H2,1H3,(H,11,12). The van der Waals surface area contributed by atoms with Gasteiger partial charge in [0.25, 0.3) is 0 Å². The van der Waals surface area contributed by atoms with Gasteiger partial charge in [-0.3, -0.25) is 0 Å². The number of aliphatic carboxylic acids is 1. The molecule has 66 valence electrons. The predicted molar refractivity (Wildman–Crippen MR) is 50.0 cm³/mol. The Balaban J connectivity index is 3.38. The Labute approximate surface area is 72.9 Å². The zero-order valence-electron chi connectivity index (χ0n) is 7.23. The molecule has 0 aliphatic rings. The Morgan fingerprint density at radius 1 is 1.25 bits per heavy atom. The highest BCUT2D eigenvalue weighted by Gasteiger charge is 1.82. The van der Waals surface area contributed by atoms with Crippen molar-refractivity contribution in [3.05, 3.63) is 36.5 Å². The highest BCUT2D eigenvalue weighted by atomic mass is 16.4. The Hall–Kier alpha value is -1.31. The van der Waals surface area contributed by atoms with Gasteiger partial charge in [-0.25, -0.2) is 4.79 Å². The molecule has 0 amide bonds. The number of allylic oxidation sites excluding steroid dienone is 5. The molecule has 12 heavy (non-hydrogen) atoms. The van der Waals surface area contributed by atoms with Crippen molar-refractivity contribution in [3.63, 3.8) is 0 Å². The first kappa shape index (κ1) is 10.7. The van der Waals surface area contributed by atoms with Crippen molar-refractivity contribution < 1.29 is 9.90 Å². The van der Waals surface area contributed by atoms with Crippen LogP contribution in [0.4, 0.5) is 0 Å². The number of hydrogen-bond donors (Lipinski definition) is 1. The molecule has 1 N–H and O–H groups in total. The summed E-state index contributed by atoms with van der Waals surface area (Å²) in [6.07, 6.45) is 12.3. The Morgan fingerprint density at radius 2 is 1.92 bits per heavy atom. The van der Waals surface area contributed by atoms with Gasteiger partial charge in [0.2, 0.25) is 0 Å². The van der Waals surface area contributed by atoms with Crippen molar-refractivity contribution in [2.75, 3.05) is 0 Å². The average Bonchev–Trinajstić information content (AvgIpc) is 2.02. The third-order valence-corrected chi connectivity index (χ3v) is 1.20. The van der Waals surface area contributed by atoms with Crippen LogP contribution in [-0.2, 0) is 4.79 Å². The SMILES string of the molecule is CC=CC=CCCC=CC(=O)O. The minimum absolute atomic E-state index is 0.778. The van der Waals surface area contributed by atoms with Gasteiger partial charge in [0.15, 0.2) is 0 Å². The van der Waals surface area contributed by atoms with E-state index in [1.165, 1.54) is 6.08 Å². The van der Waals surface area contributed by atoms with Gasteiger partial charge in [-0.15, -0.1) is 0 Å². The topological polar surface area (TPSA) is 37.3 Å². The molecule has 0 aromatic rings. The molecule has 0 saturated heterocycles. The molecular weight excluding hydrogens is 152 g/mol. The second-order valence-corrected chi connectivity index (χ2v) is 2.27. The van der Waals surface area contributed by atoms with Gasteiger partial charge in [-0.05, 0) is 19.8 Å². The molecule has 0 saturated carbocycles. The molecule has 0 spiro atoms. The quantitative estimate of drug-likeness (QED) is 0.387. The fraction of sp³-hybridized carbons (Fsp3) is 0.300. The minimum Gasteiger partial charge on any atom is -0.478 e. The van der Waals surface area contributed by atoms with Crippen LogP contribution in [0.3, 0.4) is 0 Å². The van der Waals surface area contributed by atoms with Gasteiger partial charge in [0.05, 0.1) is 0 Å². The molecule has 0 aliphatic carbocycles. The predicted octanol–water partition coefficient (Wildman–Crippen LogP) is 2.54. The minimum atomic E-state index is -0.882. The first-order valence-corrected chi connectivity index (χ1v) is 3.94. The molecule has 2 heteroatoms. The number of rotatable bonds is 5. The molecule has 0 atom stereocenters. The van der Waals surface area contributed by atoms with Gasteiger partial charge in [0.1, 0.15) is 0 Å². The fourth-order valence-corrected chi connectivity index (χ4v) is 0.663. The summed E-state index contributed by atoms with van der Waals surface area (Å²) in [7, 11) is 0. The number of unbranched alkanes of at least 4 members (excludes halogenated alkanes) is 1. The molecule has 0 aromatic carbocycles. The first-order chi connectivity index (χ1) is 5.77. The van der Waals surface area contributed by atoms with E-state index in [1.807, 2.05) is 31.2 Å². The van der Waals surface area contributed by atoms with Crippen LogP contribution in [0, 0.1) is 0 Å². The van der Waals surface area contributed by atoms with Crippen LogP contribution >= 0.6 is 0 Å². The molecule has 0 heterocycles. The number of carbonyl (C=O) groups is 1. The van der Waals surface area contributed by atoms with Gasteiger partial charge >= 0.3 is 5.97 Å². The summed E-state index contributed by atoms with van der Waals surface area (Å²) < 4.78 is 0. The third-order valence-electron chi connectivity index (χ3n) is 1.20. The maximum Gasteiger partial charge on any atom is 0.327 e. The summed E-state index contributed by atoms with van der Waals surface area (Å²) in [5.74, 6) is -0.882. The highest BCUT2D eigenvalue weighted by Crippen LogP contribution is 1.92. The van der Waals surface area contributed by atoms with Crippen molar-refractivity contribution >= 4 is 5.97 Å². The second-order valence-electron chi connectivity index (χ2n) is 2.27. The van der Waals surface area contributed by atoms with Crippen molar-refractivity contribution in [1.29, 1.82) is 0 Å². The van der Waals surface area contributed by atoms with Crippen LogP contribution < -0.4 is 0 Å². The Morgan fingerprint density at radius 3 is 2.50 bits per heavy atom. The molecule has 0 aliphatic heterocycles. The van der Waals surface area contributed by atoms with E-state index in [9.17, 15) is 4.79 Å². The van der Waals surface area contributed by atoms with Gasteiger partial charge in [-0.1, -0.05) is 30.4 Å². The smallest absolute Gasteiger partial charge is 0.327 e. The third kappa shape index (κ3) is 8.69. The lowest BCUT2D eigenvalue weighted by Gasteiger charge is -1.83. The van der Waals surface area contributed by atoms with E-state index >= 15 is 0 Å². The van der Waals surface area contributed by atoms with Gasteiger partial charge in [0, 0.05) is 6.08 Å². The lowest BCUT2D eigenvalue weighted by Crippen LogP contribution is -1.84. The van der Waals surface area contributed by atoms with E-state index in [4.69, 9.17) is 5.11 Å². The lowest BCUT2D eigenvalue weighted by molar-refractivity contribution is -0.131. The van der Waals surface area contributed by atoms with Gasteiger partial charge < -0.3 is 5.11 Å². The largest absolute Gasteiger partial charge is 0.478 e. The van der Waals surface area contributed by atoms with Crippen LogP contribution in [0.25, 0.3) is 0 Å². The van der Waals surface area contributed by atoms with Gasteiger partial charge in [-0.2, -0.15) is 0 Å². The number of carboxylic acid groups (broad SMARTS) is 1. The molecular formula is C10H14O2. The van der Waals surface area contributed by atoms with Crippen molar-refractivity contribution in [3.8, 4) is 0 Å². The van der Waals surface area contributed by atoms with E-state index in [2.05, 4.69) is 0 Å². The zero-order chi connectivity index (χ0) is 9.23. The van der Waals surface area contributed by atoms with E-state index in [0.717, 1.165) is 12.8 Å². The summed E-state index contributed by atoms with van der Waals surface area (Å²) in [5.41, 5.74) is 0. The van der Waals surface area contributed by atoms with E-state index in [1.54, 1.807) is 6.08 Å². The zero-order valence-corrected chi connectivity index (χ0v) is 7.23. The van der Waals surface area contributed by atoms with Crippen LogP contribution in [0.15, 0.2) is 36.5 Å². The Bertz CT molecular complexity index is 200. The normalized spacial score (nSPS) is 12.1. The molecule has 0 fully saturated rings. The second kappa shape index (κ2) is 7.79. The maximum atomic E-state index is 10.0. The van der Waals surface area contributed by atoms with Crippen LogP contribution in [-0.4, -0.2) is 11.1 Å². The van der Waals surface area contributed by atoms with Crippen LogP contribution in [0.2, 0.25) is 0 Å². The summed E-state index contributed by atoms with van der Waals surface area (Å²) >= 11 is 0. The monoisotopic (exact) mass is 166 g/mol. The molecule has 0 radical (unpaired) electrons. The highest BCUT2D eigenvalue weighted by molar-refractivity contribution is 5.79. The van der Waals surface area contributed by atoms with Crippen LogP contribution in [0.5, 0.6) is 0 Å². The molecule has 2 nitrogen and oxygen atoms in total. The Kier molecular flexibility index (Phi) is 6.94. The average molecular weight is 166 g/mol. The van der Waals surface area contributed by atoms with Crippen molar-refractivity contribution in [2.45, 2.75) is 19.8 Å². The fourth-order valence-electron chi connectivity index (χ4n) is 0.663.